The second-order valence-corrected chi connectivity index (χ2v) is 7.35. The average Bonchev–Trinajstić information content (AvgIpc) is 3.39. The van der Waals surface area contributed by atoms with Crippen LogP contribution in [0.15, 0.2) is 53.1 Å². The van der Waals surface area contributed by atoms with E-state index < -0.39 is 0 Å². The van der Waals surface area contributed by atoms with E-state index in [0.717, 1.165) is 17.5 Å². The normalized spacial score (nSPS) is 10.8. The van der Waals surface area contributed by atoms with Crippen LogP contribution in [0.3, 0.4) is 0 Å². The fraction of sp³-hybridized carbons (Fsp3) is 0.217. The number of aryl methyl sites for hydroxylation is 2. The summed E-state index contributed by atoms with van der Waals surface area (Å²) in [5.41, 5.74) is 10.6. The molecule has 0 aliphatic carbocycles. The maximum absolute atomic E-state index is 12.6. The number of carbonyl (C=O) groups excluding carboxylic acids is 1. The van der Waals surface area contributed by atoms with E-state index in [9.17, 15) is 4.79 Å². The second kappa shape index (κ2) is 8.93. The third-order valence-corrected chi connectivity index (χ3v) is 5.19. The number of benzene rings is 2. The van der Waals surface area contributed by atoms with Crippen molar-refractivity contribution in [3.63, 3.8) is 0 Å². The number of hydrogen-bond acceptors (Lipinski definition) is 7. The summed E-state index contributed by atoms with van der Waals surface area (Å²) in [5.74, 6) is 1.14. The molecular weight excluding hydrogens is 406 g/mol. The SMILES string of the molecule is CCc1ccc(NC(=O)Cn2nc(NC)c(-c3nc(-c4ccccc4C)no3)c2N)cc1. The number of nitrogen functional groups attached to an aromatic ring is 1. The first-order chi connectivity index (χ1) is 15.5. The summed E-state index contributed by atoms with van der Waals surface area (Å²) in [4.78, 5) is 17.1. The van der Waals surface area contributed by atoms with Crippen molar-refractivity contribution in [1.82, 2.24) is 19.9 Å². The van der Waals surface area contributed by atoms with Crippen LogP contribution < -0.4 is 16.4 Å². The van der Waals surface area contributed by atoms with Crippen LogP contribution in [0, 0.1) is 6.92 Å². The molecule has 9 nitrogen and oxygen atoms in total. The van der Waals surface area contributed by atoms with Gasteiger partial charge in [0.1, 0.15) is 17.9 Å². The molecule has 9 heteroatoms. The average molecular weight is 432 g/mol. The lowest BCUT2D eigenvalue weighted by molar-refractivity contribution is -0.116. The smallest absolute Gasteiger partial charge is 0.265 e. The summed E-state index contributed by atoms with van der Waals surface area (Å²) in [7, 11) is 1.71. The van der Waals surface area contributed by atoms with Crippen LogP contribution in [0.4, 0.5) is 17.3 Å². The van der Waals surface area contributed by atoms with Gasteiger partial charge in [-0.25, -0.2) is 4.68 Å². The molecule has 0 saturated carbocycles. The molecule has 0 aliphatic heterocycles. The van der Waals surface area contributed by atoms with Crippen molar-refractivity contribution in [3.8, 4) is 22.8 Å². The van der Waals surface area contributed by atoms with E-state index in [2.05, 4.69) is 32.8 Å². The van der Waals surface area contributed by atoms with Crippen molar-refractivity contribution in [2.24, 2.45) is 0 Å². The Bertz CT molecular complexity index is 1240. The van der Waals surface area contributed by atoms with Crippen LogP contribution in [-0.2, 0) is 17.8 Å². The number of nitrogens with one attached hydrogen (secondary N) is 2. The van der Waals surface area contributed by atoms with Gasteiger partial charge in [0, 0.05) is 18.3 Å². The van der Waals surface area contributed by atoms with Gasteiger partial charge in [-0.1, -0.05) is 48.5 Å². The van der Waals surface area contributed by atoms with Gasteiger partial charge < -0.3 is 20.9 Å². The summed E-state index contributed by atoms with van der Waals surface area (Å²) >= 11 is 0. The van der Waals surface area contributed by atoms with Gasteiger partial charge in [0.15, 0.2) is 5.82 Å². The Morgan fingerprint density at radius 2 is 1.91 bits per heavy atom. The van der Waals surface area contributed by atoms with Gasteiger partial charge in [-0.15, -0.1) is 0 Å². The van der Waals surface area contributed by atoms with Crippen molar-refractivity contribution in [2.45, 2.75) is 26.8 Å². The summed E-state index contributed by atoms with van der Waals surface area (Å²) in [6.45, 7) is 4.00. The zero-order valence-corrected chi connectivity index (χ0v) is 18.2. The lowest BCUT2D eigenvalue weighted by Gasteiger charge is -2.07. The maximum atomic E-state index is 12.6. The summed E-state index contributed by atoms with van der Waals surface area (Å²) in [6, 6.07) is 15.5. The van der Waals surface area contributed by atoms with E-state index in [4.69, 9.17) is 10.3 Å². The van der Waals surface area contributed by atoms with Crippen molar-refractivity contribution >= 4 is 23.2 Å². The van der Waals surface area contributed by atoms with E-state index in [1.165, 1.54) is 10.2 Å². The molecule has 2 aromatic carbocycles. The zero-order valence-electron chi connectivity index (χ0n) is 18.2. The molecule has 4 aromatic rings. The summed E-state index contributed by atoms with van der Waals surface area (Å²) in [5, 5.41) is 14.3. The van der Waals surface area contributed by atoms with E-state index >= 15 is 0 Å². The van der Waals surface area contributed by atoms with Crippen LogP contribution in [0.5, 0.6) is 0 Å². The van der Waals surface area contributed by atoms with Crippen LogP contribution >= 0.6 is 0 Å². The third kappa shape index (κ3) is 4.18. The Morgan fingerprint density at radius 1 is 1.16 bits per heavy atom. The van der Waals surface area contributed by atoms with Gasteiger partial charge >= 0.3 is 0 Å². The van der Waals surface area contributed by atoms with Gasteiger partial charge in [-0.3, -0.25) is 4.79 Å². The Morgan fingerprint density at radius 3 is 2.59 bits per heavy atom. The Balaban J connectivity index is 1.57. The topological polar surface area (TPSA) is 124 Å². The molecule has 4 N–H and O–H groups in total. The highest BCUT2D eigenvalue weighted by atomic mass is 16.5. The lowest BCUT2D eigenvalue weighted by atomic mass is 10.1. The standard InChI is InChI=1S/C23H25N7O2/c1-4-15-9-11-16(12-10-15)26-18(31)13-30-20(24)19(22(25-3)28-30)23-27-21(29-32-23)17-8-6-5-7-14(17)2/h5-12H,4,13,24H2,1-3H3,(H,25,28)(H,26,31). The molecule has 0 atom stereocenters. The van der Waals surface area contributed by atoms with Gasteiger partial charge in [0.2, 0.25) is 11.7 Å². The van der Waals surface area contributed by atoms with E-state index in [1.807, 2.05) is 55.5 Å². The first kappa shape index (κ1) is 21.1. The van der Waals surface area contributed by atoms with Gasteiger partial charge in [0.05, 0.1) is 0 Å². The fourth-order valence-corrected chi connectivity index (χ4v) is 3.40. The molecule has 1 amide bonds. The van der Waals surface area contributed by atoms with Crippen molar-refractivity contribution in [3.05, 3.63) is 59.7 Å². The minimum atomic E-state index is -0.247. The molecule has 0 radical (unpaired) electrons. The fourth-order valence-electron chi connectivity index (χ4n) is 3.40. The molecule has 0 unspecified atom stereocenters. The van der Waals surface area contributed by atoms with Gasteiger partial charge in [-0.05, 0) is 36.6 Å². The molecule has 4 rings (SSSR count). The van der Waals surface area contributed by atoms with E-state index in [1.54, 1.807) is 7.05 Å². The van der Waals surface area contributed by atoms with Crippen molar-refractivity contribution in [2.75, 3.05) is 23.4 Å². The molecule has 0 saturated heterocycles. The summed E-state index contributed by atoms with van der Waals surface area (Å²) in [6.07, 6.45) is 0.939. The van der Waals surface area contributed by atoms with E-state index in [0.29, 0.717) is 22.9 Å². The van der Waals surface area contributed by atoms with Gasteiger partial charge in [-0.2, -0.15) is 10.1 Å². The van der Waals surface area contributed by atoms with Gasteiger partial charge in [0.25, 0.3) is 5.89 Å². The molecule has 0 fully saturated rings. The number of hydrogen-bond donors (Lipinski definition) is 3. The molecule has 0 aliphatic rings. The molecular formula is C23H25N7O2. The zero-order chi connectivity index (χ0) is 22.7. The highest BCUT2D eigenvalue weighted by molar-refractivity contribution is 5.91. The molecule has 164 valence electrons. The second-order valence-electron chi connectivity index (χ2n) is 7.35. The Hall–Kier alpha value is -4.14. The molecule has 2 heterocycles. The quantitative estimate of drug-likeness (QED) is 0.407. The number of rotatable bonds is 7. The first-order valence-corrected chi connectivity index (χ1v) is 10.3. The number of anilines is 3. The monoisotopic (exact) mass is 431 g/mol. The Kier molecular flexibility index (Phi) is 5.89. The minimum absolute atomic E-state index is 0.0607. The third-order valence-electron chi connectivity index (χ3n) is 5.19. The molecule has 2 aromatic heterocycles. The van der Waals surface area contributed by atoms with E-state index in [-0.39, 0.29) is 24.2 Å². The van der Waals surface area contributed by atoms with Crippen LogP contribution in [0.2, 0.25) is 0 Å². The summed E-state index contributed by atoms with van der Waals surface area (Å²) < 4.78 is 6.90. The number of carbonyl (C=O) groups is 1. The maximum Gasteiger partial charge on any atom is 0.265 e. The van der Waals surface area contributed by atoms with Crippen molar-refractivity contribution < 1.29 is 9.32 Å². The molecule has 0 bridgehead atoms. The minimum Gasteiger partial charge on any atom is -0.383 e. The predicted molar refractivity (Wildman–Crippen MR) is 124 cm³/mol. The van der Waals surface area contributed by atoms with Crippen LogP contribution in [0.25, 0.3) is 22.8 Å². The predicted octanol–water partition coefficient (Wildman–Crippen LogP) is 3.73. The molecule has 32 heavy (non-hydrogen) atoms. The highest BCUT2D eigenvalue weighted by Gasteiger charge is 2.24. The first-order valence-electron chi connectivity index (χ1n) is 10.3. The number of aromatic nitrogens is 4. The number of nitrogens with two attached hydrogens (primary N) is 1. The largest absolute Gasteiger partial charge is 0.383 e. The number of nitrogens with zero attached hydrogens (tertiary/aromatic N) is 4. The van der Waals surface area contributed by atoms with Crippen molar-refractivity contribution in [1.29, 1.82) is 0 Å². The highest BCUT2D eigenvalue weighted by Crippen LogP contribution is 2.33. The van der Waals surface area contributed by atoms with Crippen LogP contribution in [-0.4, -0.2) is 32.9 Å². The number of amides is 1. The van der Waals surface area contributed by atoms with Crippen LogP contribution in [0.1, 0.15) is 18.1 Å². The molecule has 0 spiro atoms. The Labute approximate surface area is 185 Å². The lowest BCUT2D eigenvalue weighted by Crippen LogP contribution is -2.20.